The number of nitrogens with zero attached hydrogens (tertiary/aromatic N) is 1. The molecule has 3 rings (SSSR count). The Labute approximate surface area is 122 Å². The second-order valence-electron chi connectivity index (χ2n) is 4.42. The predicted octanol–water partition coefficient (Wildman–Crippen LogP) is 3.06. The first-order valence-electron chi connectivity index (χ1n) is 5.98. The Morgan fingerprint density at radius 3 is 2.30 bits per heavy atom. The lowest BCUT2D eigenvalue weighted by atomic mass is 10.0. The molecule has 4 nitrogen and oxygen atoms in total. The average Bonchev–Trinajstić information content (AvgIpc) is 2.53. The summed E-state index contributed by atoms with van der Waals surface area (Å²) in [5.41, 5.74) is 8.04. The molecule has 2 amide bonds. The first-order chi connectivity index (χ1) is 9.18. The van der Waals surface area contributed by atoms with Gasteiger partial charge in [0.2, 0.25) is 0 Å². The molecule has 2 N–H and O–H groups in total. The number of carbonyl (C=O) groups excluding carboxylic acids is 2. The Balaban J connectivity index is 0.00000147. The largest absolute Gasteiger partial charge is 0.351 e. The molecule has 0 unspecified atom stereocenters. The molecule has 1 heterocycles. The van der Waals surface area contributed by atoms with Crippen LogP contribution < -0.4 is 10.6 Å². The summed E-state index contributed by atoms with van der Waals surface area (Å²) >= 11 is 0. The number of carbonyl (C=O) groups is 2. The van der Waals surface area contributed by atoms with E-state index in [1.54, 1.807) is 30.3 Å². The SMILES string of the molecule is Cl.NC(=O)N1c2ccccc2CC(=O)c2ccccc21. The number of anilines is 2. The van der Waals surface area contributed by atoms with Gasteiger partial charge in [-0.25, -0.2) is 4.79 Å². The van der Waals surface area contributed by atoms with Gasteiger partial charge < -0.3 is 5.73 Å². The van der Waals surface area contributed by atoms with Gasteiger partial charge in [0.25, 0.3) is 0 Å². The van der Waals surface area contributed by atoms with Crippen molar-refractivity contribution in [3.63, 3.8) is 0 Å². The highest BCUT2D eigenvalue weighted by atomic mass is 35.5. The monoisotopic (exact) mass is 288 g/mol. The third kappa shape index (κ3) is 2.14. The van der Waals surface area contributed by atoms with E-state index in [0.717, 1.165) is 5.56 Å². The number of urea groups is 1. The van der Waals surface area contributed by atoms with Gasteiger partial charge in [-0.15, -0.1) is 12.4 Å². The highest BCUT2D eigenvalue weighted by Crippen LogP contribution is 2.35. The Morgan fingerprint density at radius 1 is 1.00 bits per heavy atom. The summed E-state index contributed by atoms with van der Waals surface area (Å²) in [6, 6.07) is 13.8. The summed E-state index contributed by atoms with van der Waals surface area (Å²) in [6.45, 7) is 0. The number of para-hydroxylation sites is 2. The van der Waals surface area contributed by atoms with Gasteiger partial charge in [-0.3, -0.25) is 9.69 Å². The van der Waals surface area contributed by atoms with Crippen molar-refractivity contribution in [1.82, 2.24) is 0 Å². The third-order valence-electron chi connectivity index (χ3n) is 3.25. The van der Waals surface area contributed by atoms with E-state index in [2.05, 4.69) is 0 Å². The topological polar surface area (TPSA) is 63.4 Å². The van der Waals surface area contributed by atoms with Gasteiger partial charge in [-0.05, 0) is 23.8 Å². The molecule has 20 heavy (non-hydrogen) atoms. The highest BCUT2D eigenvalue weighted by molar-refractivity contribution is 6.11. The Morgan fingerprint density at radius 2 is 1.60 bits per heavy atom. The lowest BCUT2D eigenvalue weighted by molar-refractivity contribution is 0.0994. The molecule has 5 heteroatoms. The molecule has 0 fully saturated rings. The van der Waals surface area contributed by atoms with E-state index in [0.29, 0.717) is 16.9 Å². The van der Waals surface area contributed by atoms with Gasteiger partial charge in [0, 0.05) is 12.0 Å². The standard InChI is InChI=1S/C15H12N2O2.ClH/c16-15(19)17-12-7-3-1-5-10(12)9-14(18)11-6-2-4-8-13(11)17;/h1-8H,9H2,(H2,16,19);1H. The predicted molar refractivity (Wildman–Crippen MR) is 79.9 cm³/mol. The quantitative estimate of drug-likeness (QED) is 0.810. The van der Waals surface area contributed by atoms with Gasteiger partial charge in [0.1, 0.15) is 0 Å². The van der Waals surface area contributed by atoms with E-state index in [-0.39, 0.29) is 24.6 Å². The molecular formula is C15H13ClN2O2. The van der Waals surface area contributed by atoms with Crippen LogP contribution in [0.25, 0.3) is 0 Å². The van der Waals surface area contributed by atoms with Gasteiger partial charge in [0.15, 0.2) is 5.78 Å². The average molecular weight is 289 g/mol. The van der Waals surface area contributed by atoms with Crippen molar-refractivity contribution >= 4 is 35.6 Å². The van der Waals surface area contributed by atoms with Crippen molar-refractivity contribution in [2.24, 2.45) is 5.73 Å². The normalized spacial score (nSPS) is 12.8. The van der Waals surface area contributed by atoms with E-state index in [9.17, 15) is 9.59 Å². The molecule has 102 valence electrons. The van der Waals surface area contributed by atoms with Crippen LogP contribution in [0.1, 0.15) is 15.9 Å². The van der Waals surface area contributed by atoms with Crippen molar-refractivity contribution < 1.29 is 9.59 Å². The maximum absolute atomic E-state index is 12.3. The van der Waals surface area contributed by atoms with Crippen molar-refractivity contribution in [3.05, 3.63) is 59.7 Å². The molecular weight excluding hydrogens is 276 g/mol. The summed E-state index contributed by atoms with van der Waals surface area (Å²) in [7, 11) is 0. The second kappa shape index (κ2) is 5.35. The van der Waals surface area contributed by atoms with Crippen LogP contribution in [0.4, 0.5) is 16.2 Å². The molecule has 0 aromatic heterocycles. The van der Waals surface area contributed by atoms with Crippen LogP contribution in [0.3, 0.4) is 0 Å². The number of nitrogens with two attached hydrogens (primary N) is 1. The van der Waals surface area contributed by atoms with Crippen LogP contribution in [0.15, 0.2) is 48.5 Å². The van der Waals surface area contributed by atoms with E-state index in [4.69, 9.17) is 5.73 Å². The number of hydrogen-bond acceptors (Lipinski definition) is 2. The summed E-state index contributed by atoms with van der Waals surface area (Å²) in [4.78, 5) is 25.4. The smallest absolute Gasteiger partial charge is 0.323 e. The molecule has 0 spiro atoms. The number of primary amides is 1. The fourth-order valence-electron chi connectivity index (χ4n) is 2.42. The summed E-state index contributed by atoms with van der Waals surface area (Å²) in [5.74, 6) is -0.00759. The van der Waals surface area contributed by atoms with Crippen molar-refractivity contribution in [1.29, 1.82) is 0 Å². The fourth-order valence-corrected chi connectivity index (χ4v) is 2.42. The highest BCUT2D eigenvalue weighted by Gasteiger charge is 2.27. The minimum absolute atomic E-state index is 0. The Bertz CT molecular complexity index is 685. The van der Waals surface area contributed by atoms with Crippen molar-refractivity contribution in [2.45, 2.75) is 6.42 Å². The van der Waals surface area contributed by atoms with E-state index >= 15 is 0 Å². The van der Waals surface area contributed by atoms with Crippen molar-refractivity contribution in [3.8, 4) is 0 Å². The first-order valence-corrected chi connectivity index (χ1v) is 5.98. The minimum Gasteiger partial charge on any atom is -0.351 e. The molecule has 0 saturated heterocycles. The summed E-state index contributed by atoms with van der Waals surface area (Å²) in [5, 5.41) is 0. The lowest BCUT2D eigenvalue weighted by Gasteiger charge is -2.22. The summed E-state index contributed by atoms with van der Waals surface area (Å²) < 4.78 is 0. The van der Waals surface area contributed by atoms with Crippen LogP contribution in [0, 0.1) is 0 Å². The van der Waals surface area contributed by atoms with Gasteiger partial charge >= 0.3 is 6.03 Å². The molecule has 1 aliphatic heterocycles. The maximum Gasteiger partial charge on any atom is 0.323 e. The number of Topliss-reactive ketones (excluding diaryl/α,β-unsaturated/α-hetero) is 1. The molecule has 1 aliphatic rings. The second-order valence-corrected chi connectivity index (χ2v) is 4.42. The first kappa shape index (κ1) is 14.1. The Hall–Kier alpha value is -2.33. The maximum atomic E-state index is 12.3. The van der Waals surface area contributed by atoms with Crippen LogP contribution in [0.2, 0.25) is 0 Å². The van der Waals surface area contributed by atoms with Crippen LogP contribution in [0.5, 0.6) is 0 Å². The van der Waals surface area contributed by atoms with E-state index in [1.807, 2.05) is 18.2 Å². The number of fused-ring (bicyclic) bond motifs is 2. The molecule has 0 radical (unpaired) electrons. The molecule has 2 aromatic rings. The Kier molecular flexibility index (Phi) is 3.77. The molecule has 0 bridgehead atoms. The number of hydrogen-bond donors (Lipinski definition) is 1. The van der Waals surface area contributed by atoms with E-state index in [1.165, 1.54) is 4.90 Å². The third-order valence-corrected chi connectivity index (χ3v) is 3.25. The number of rotatable bonds is 0. The van der Waals surface area contributed by atoms with Gasteiger partial charge in [-0.1, -0.05) is 30.3 Å². The zero-order chi connectivity index (χ0) is 13.4. The lowest BCUT2D eigenvalue weighted by Crippen LogP contribution is -2.32. The van der Waals surface area contributed by atoms with E-state index < -0.39 is 6.03 Å². The van der Waals surface area contributed by atoms with Crippen molar-refractivity contribution in [2.75, 3.05) is 4.90 Å². The number of ketones is 1. The number of amides is 2. The fraction of sp³-hybridized carbons (Fsp3) is 0.0667. The van der Waals surface area contributed by atoms with Crippen LogP contribution >= 0.6 is 12.4 Å². The van der Waals surface area contributed by atoms with Crippen LogP contribution in [-0.2, 0) is 6.42 Å². The van der Waals surface area contributed by atoms with Crippen LogP contribution in [-0.4, -0.2) is 11.8 Å². The minimum atomic E-state index is -0.588. The zero-order valence-corrected chi connectivity index (χ0v) is 11.4. The molecule has 2 aromatic carbocycles. The van der Waals surface area contributed by atoms with Gasteiger partial charge in [0.05, 0.1) is 11.4 Å². The molecule has 0 atom stereocenters. The number of halogens is 1. The number of benzene rings is 2. The zero-order valence-electron chi connectivity index (χ0n) is 10.6. The molecule has 0 saturated carbocycles. The molecule has 0 aliphatic carbocycles. The van der Waals surface area contributed by atoms with Gasteiger partial charge in [-0.2, -0.15) is 0 Å². The summed E-state index contributed by atoms with van der Waals surface area (Å²) in [6.07, 6.45) is 0.275.